The van der Waals surface area contributed by atoms with Crippen molar-refractivity contribution in [3.05, 3.63) is 307 Å². The summed E-state index contributed by atoms with van der Waals surface area (Å²) in [7, 11) is 0. The molecule has 0 radical (unpaired) electrons. The van der Waals surface area contributed by atoms with E-state index in [1.165, 1.54) is 104 Å². The summed E-state index contributed by atoms with van der Waals surface area (Å²) < 4.78 is 0. The van der Waals surface area contributed by atoms with Crippen LogP contribution in [0.1, 0.15) is 22.3 Å². The molecular weight excluding hydrogens is 867 g/mol. The van der Waals surface area contributed by atoms with Gasteiger partial charge in [0, 0.05) is 17.1 Å². The molecule has 0 bridgehead atoms. The van der Waals surface area contributed by atoms with Crippen molar-refractivity contribution in [2.24, 2.45) is 0 Å². The van der Waals surface area contributed by atoms with E-state index in [9.17, 15) is 0 Å². The van der Waals surface area contributed by atoms with Crippen LogP contribution in [0.15, 0.2) is 285 Å². The van der Waals surface area contributed by atoms with Crippen molar-refractivity contribution in [3.8, 4) is 44.5 Å². The molecule has 1 nitrogen and oxygen atoms in total. The van der Waals surface area contributed by atoms with Crippen LogP contribution >= 0.6 is 0 Å². The van der Waals surface area contributed by atoms with Crippen molar-refractivity contribution >= 4 is 60.2 Å². The van der Waals surface area contributed by atoms with Crippen molar-refractivity contribution in [2.75, 3.05) is 4.90 Å². The Bertz CT molecular complexity index is 4080. The quantitative estimate of drug-likeness (QED) is 0.147. The lowest BCUT2D eigenvalue weighted by Gasteiger charge is -2.35. The highest BCUT2D eigenvalue weighted by Crippen LogP contribution is 2.59. The molecule has 336 valence electrons. The fraction of sp³-hybridized carbons (Fsp3) is 0.0141. The molecule has 0 heterocycles. The standard InChI is InChI=1S/C71H47N/c1-2-20-54-46-56(41-36-48(54)16-1)71(67-34-14-23-51-19-5-8-28-64(51)67)68-33-10-9-29-66(68)70-65(32-15-35-69(70)71)55-24-11-25-59(47-55)72(57-42-37-52(38-43-57)62-30-12-21-49-17-3-6-26-60(49)62)58-44-39-53(40-45-58)63-31-13-22-50-18-4-7-27-61(50)63/h1-47H. The van der Waals surface area contributed by atoms with E-state index in [0.29, 0.717) is 0 Å². The van der Waals surface area contributed by atoms with E-state index in [1.54, 1.807) is 0 Å². The predicted molar refractivity (Wildman–Crippen MR) is 305 cm³/mol. The molecule has 0 aliphatic heterocycles. The summed E-state index contributed by atoms with van der Waals surface area (Å²) in [6.45, 7) is 0. The summed E-state index contributed by atoms with van der Waals surface area (Å²) in [6.07, 6.45) is 0. The van der Waals surface area contributed by atoms with Crippen LogP contribution < -0.4 is 4.90 Å². The number of rotatable bonds is 8. The average Bonchev–Trinajstić information content (AvgIpc) is 3.76. The van der Waals surface area contributed by atoms with E-state index >= 15 is 0 Å². The van der Waals surface area contributed by atoms with Crippen molar-refractivity contribution in [2.45, 2.75) is 5.41 Å². The molecule has 1 heteroatoms. The van der Waals surface area contributed by atoms with Gasteiger partial charge in [0.25, 0.3) is 0 Å². The maximum absolute atomic E-state index is 2.44. The summed E-state index contributed by atoms with van der Waals surface area (Å²) in [5.41, 5.74) is 17.6. The van der Waals surface area contributed by atoms with Crippen LogP contribution in [0.4, 0.5) is 17.1 Å². The Morgan fingerprint density at radius 3 is 1.36 bits per heavy atom. The lowest BCUT2D eigenvalue weighted by Crippen LogP contribution is -2.29. The van der Waals surface area contributed by atoms with Crippen LogP contribution in [-0.2, 0) is 5.41 Å². The van der Waals surface area contributed by atoms with Crippen LogP contribution in [0, 0.1) is 0 Å². The monoisotopic (exact) mass is 913 g/mol. The van der Waals surface area contributed by atoms with Gasteiger partial charge in [-0.15, -0.1) is 0 Å². The Kier molecular flexibility index (Phi) is 9.82. The zero-order valence-electron chi connectivity index (χ0n) is 39.6. The second-order valence-corrected chi connectivity index (χ2v) is 19.1. The minimum absolute atomic E-state index is 0.589. The number of hydrogen-bond acceptors (Lipinski definition) is 1. The molecule has 14 rings (SSSR count). The summed E-state index contributed by atoms with van der Waals surface area (Å²) >= 11 is 0. The Hall–Kier alpha value is -9.30. The second kappa shape index (κ2) is 17.0. The van der Waals surface area contributed by atoms with Gasteiger partial charge < -0.3 is 4.90 Å². The Balaban J connectivity index is 0.954. The molecule has 0 fully saturated rings. The Labute approximate surface area is 420 Å². The molecule has 13 aromatic carbocycles. The molecule has 1 aliphatic rings. The highest BCUT2D eigenvalue weighted by molar-refractivity contribution is 6.02. The zero-order valence-corrected chi connectivity index (χ0v) is 39.6. The Morgan fingerprint density at radius 2 is 0.694 bits per heavy atom. The van der Waals surface area contributed by atoms with E-state index < -0.39 is 5.41 Å². The van der Waals surface area contributed by atoms with Gasteiger partial charge >= 0.3 is 0 Å². The lowest BCUT2D eigenvalue weighted by atomic mass is 9.66. The fourth-order valence-corrected chi connectivity index (χ4v) is 12.1. The molecule has 0 amide bonds. The third kappa shape index (κ3) is 6.63. The van der Waals surface area contributed by atoms with Gasteiger partial charge in [0.15, 0.2) is 0 Å². The molecule has 0 aromatic heterocycles. The van der Waals surface area contributed by atoms with Crippen molar-refractivity contribution in [3.63, 3.8) is 0 Å². The summed E-state index contributed by atoms with van der Waals surface area (Å²) in [5.74, 6) is 0. The maximum Gasteiger partial charge on any atom is 0.0719 e. The molecule has 1 unspecified atom stereocenters. The van der Waals surface area contributed by atoms with Crippen LogP contribution in [0.25, 0.3) is 87.6 Å². The molecular formula is C71H47N. The topological polar surface area (TPSA) is 3.24 Å². The lowest BCUT2D eigenvalue weighted by molar-refractivity contribution is 0.778. The van der Waals surface area contributed by atoms with Gasteiger partial charge in [-0.3, -0.25) is 0 Å². The molecule has 13 aromatic rings. The smallest absolute Gasteiger partial charge is 0.0719 e. The van der Waals surface area contributed by atoms with Crippen molar-refractivity contribution < 1.29 is 0 Å². The van der Waals surface area contributed by atoms with Crippen LogP contribution in [0.3, 0.4) is 0 Å². The van der Waals surface area contributed by atoms with Crippen LogP contribution in [0.2, 0.25) is 0 Å². The SMILES string of the molecule is c1cc(-c2cccc3c2-c2ccccc2C3(c2ccc3ccccc3c2)c2cccc3ccccc23)cc(N(c2ccc(-c3cccc4ccccc34)cc2)c2ccc(-c3cccc4ccccc34)cc2)c1. The highest BCUT2D eigenvalue weighted by atomic mass is 15.1. The Morgan fingerprint density at radius 1 is 0.236 bits per heavy atom. The minimum atomic E-state index is -0.589. The molecule has 0 spiro atoms. The van der Waals surface area contributed by atoms with E-state index in [2.05, 4.69) is 290 Å². The van der Waals surface area contributed by atoms with E-state index in [0.717, 1.165) is 22.6 Å². The van der Waals surface area contributed by atoms with E-state index in [4.69, 9.17) is 0 Å². The molecule has 0 saturated carbocycles. The predicted octanol–water partition coefficient (Wildman–Crippen LogP) is 19.1. The third-order valence-corrected chi connectivity index (χ3v) is 15.3. The zero-order chi connectivity index (χ0) is 47.6. The first kappa shape index (κ1) is 41.7. The van der Waals surface area contributed by atoms with Gasteiger partial charge in [-0.1, -0.05) is 243 Å². The van der Waals surface area contributed by atoms with Gasteiger partial charge in [-0.05, 0) is 152 Å². The van der Waals surface area contributed by atoms with Crippen molar-refractivity contribution in [1.82, 2.24) is 0 Å². The van der Waals surface area contributed by atoms with Gasteiger partial charge in [0.2, 0.25) is 0 Å². The first-order valence-electron chi connectivity index (χ1n) is 25.0. The normalized spacial score (nSPS) is 13.9. The first-order valence-corrected chi connectivity index (χ1v) is 25.0. The third-order valence-electron chi connectivity index (χ3n) is 15.3. The summed E-state index contributed by atoms with van der Waals surface area (Å²) in [6, 6.07) is 106. The maximum atomic E-state index is 2.44. The molecule has 1 atom stereocenters. The van der Waals surface area contributed by atoms with Crippen LogP contribution in [0.5, 0.6) is 0 Å². The minimum Gasteiger partial charge on any atom is -0.310 e. The molecule has 0 saturated heterocycles. The van der Waals surface area contributed by atoms with Gasteiger partial charge in [-0.25, -0.2) is 0 Å². The average molecular weight is 914 g/mol. The largest absolute Gasteiger partial charge is 0.310 e. The summed E-state index contributed by atoms with van der Waals surface area (Å²) in [5, 5.41) is 9.96. The summed E-state index contributed by atoms with van der Waals surface area (Å²) in [4.78, 5) is 2.41. The molecule has 72 heavy (non-hydrogen) atoms. The number of hydrogen-bond donors (Lipinski definition) is 0. The number of nitrogens with zero attached hydrogens (tertiary/aromatic N) is 1. The number of fused-ring (bicyclic) bond motifs is 7. The van der Waals surface area contributed by atoms with Gasteiger partial charge in [-0.2, -0.15) is 0 Å². The van der Waals surface area contributed by atoms with Gasteiger partial charge in [0.1, 0.15) is 0 Å². The van der Waals surface area contributed by atoms with Gasteiger partial charge in [0.05, 0.1) is 5.41 Å². The number of benzene rings is 13. The number of anilines is 3. The van der Waals surface area contributed by atoms with Crippen molar-refractivity contribution in [1.29, 1.82) is 0 Å². The molecule has 1 aliphatic carbocycles. The van der Waals surface area contributed by atoms with E-state index in [1.807, 2.05) is 0 Å². The van der Waals surface area contributed by atoms with Crippen LogP contribution in [-0.4, -0.2) is 0 Å². The fourth-order valence-electron chi connectivity index (χ4n) is 12.1. The first-order chi connectivity index (χ1) is 35.7. The second-order valence-electron chi connectivity index (χ2n) is 19.1. The molecule has 0 N–H and O–H groups in total. The van der Waals surface area contributed by atoms with E-state index in [-0.39, 0.29) is 0 Å². The highest BCUT2D eigenvalue weighted by Gasteiger charge is 2.47.